The Morgan fingerprint density at radius 1 is 1.56 bits per heavy atom. The SMILES string of the molecule is COc1cc(Br)ccc1C(=O)NCC(C)S(C)=O. The number of nitrogens with one attached hydrogen (secondary N) is 1. The molecule has 0 aliphatic rings. The number of methoxy groups -OCH3 is 1. The Hall–Kier alpha value is -0.880. The van der Waals surface area contributed by atoms with Gasteiger partial charge in [-0.05, 0) is 25.1 Å². The topological polar surface area (TPSA) is 55.4 Å². The third kappa shape index (κ3) is 4.10. The van der Waals surface area contributed by atoms with E-state index < -0.39 is 10.8 Å². The van der Waals surface area contributed by atoms with Crippen LogP contribution in [0.3, 0.4) is 0 Å². The van der Waals surface area contributed by atoms with Crippen LogP contribution in [0.5, 0.6) is 5.75 Å². The average Bonchev–Trinajstić information content (AvgIpc) is 2.34. The lowest BCUT2D eigenvalue weighted by Crippen LogP contribution is -2.32. The molecule has 0 saturated carbocycles. The molecule has 2 atom stereocenters. The number of benzene rings is 1. The molecule has 1 amide bonds. The standard InChI is InChI=1S/C12H16BrNO3S/c1-8(18(3)16)7-14-12(15)10-5-4-9(13)6-11(10)17-2/h4-6,8H,7H2,1-3H3,(H,14,15). The van der Waals surface area contributed by atoms with Gasteiger partial charge in [-0.25, -0.2) is 0 Å². The van der Waals surface area contributed by atoms with Gasteiger partial charge in [0, 0.05) is 33.3 Å². The number of halogens is 1. The van der Waals surface area contributed by atoms with Gasteiger partial charge in [0.2, 0.25) is 0 Å². The molecule has 6 heteroatoms. The minimum Gasteiger partial charge on any atom is -0.496 e. The van der Waals surface area contributed by atoms with Crippen molar-refractivity contribution in [2.45, 2.75) is 12.2 Å². The molecule has 2 unspecified atom stereocenters. The summed E-state index contributed by atoms with van der Waals surface area (Å²) in [4.78, 5) is 12.0. The van der Waals surface area contributed by atoms with Crippen LogP contribution in [0, 0.1) is 0 Å². The molecule has 1 aromatic rings. The maximum atomic E-state index is 12.0. The van der Waals surface area contributed by atoms with Gasteiger partial charge in [-0.15, -0.1) is 0 Å². The van der Waals surface area contributed by atoms with Crippen LogP contribution in [0.4, 0.5) is 0 Å². The summed E-state index contributed by atoms with van der Waals surface area (Å²) >= 11 is 3.32. The lowest BCUT2D eigenvalue weighted by Gasteiger charge is -2.12. The molecule has 0 radical (unpaired) electrons. The van der Waals surface area contributed by atoms with E-state index in [1.165, 1.54) is 7.11 Å². The second kappa shape index (κ2) is 6.89. The second-order valence-corrected chi connectivity index (χ2v) is 6.58. The first-order chi connectivity index (χ1) is 8.45. The minimum atomic E-state index is -0.947. The molecule has 4 nitrogen and oxygen atoms in total. The highest BCUT2D eigenvalue weighted by Gasteiger charge is 2.14. The van der Waals surface area contributed by atoms with Gasteiger partial charge in [0.05, 0.1) is 12.7 Å². The van der Waals surface area contributed by atoms with Crippen LogP contribution in [-0.2, 0) is 10.8 Å². The van der Waals surface area contributed by atoms with Crippen LogP contribution in [0.15, 0.2) is 22.7 Å². The molecule has 0 saturated heterocycles. The summed E-state index contributed by atoms with van der Waals surface area (Å²) in [6.07, 6.45) is 1.62. The Kier molecular flexibility index (Phi) is 5.81. The molecule has 100 valence electrons. The van der Waals surface area contributed by atoms with E-state index in [0.29, 0.717) is 17.9 Å². The average molecular weight is 334 g/mol. The zero-order chi connectivity index (χ0) is 13.7. The van der Waals surface area contributed by atoms with Crippen molar-refractivity contribution in [2.24, 2.45) is 0 Å². The van der Waals surface area contributed by atoms with E-state index in [4.69, 9.17) is 4.74 Å². The molecule has 18 heavy (non-hydrogen) atoms. The van der Waals surface area contributed by atoms with Crippen molar-refractivity contribution >= 4 is 32.6 Å². The highest BCUT2D eigenvalue weighted by atomic mass is 79.9. The first kappa shape index (κ1) is 15.2. The first-order valence-electron chi connectivity index (χ1n) is 5.39. The van der Waals surface area contributed by atoms with Gasteiger partial charge in [0.15, 0.2) is 0 Å². The third-order valence-electron chi connectivity index (χ3n) is 2.52. The number of rotatable bonds is 5. The van der Waals surface area contributed by atoms with E-state index in [1.54, 1.807) is 24.5 Å². The predicted octanol–water partition coefficient (Wildman–Crippen LogP) is 1.95. The second-order valence-electron chi connectivity index (χ2n) is 3.86. The Bertz CT molecular complexity index is 465. The smallest absolute Gasteiger partial charge is 0.255 e. The summed E-state index contributed by atoms with van der Waals surface area (Å²) in [5.41, 5.74) is 0.467. The van der Waals surface area contributed by atoms with Crippen molar-refractivity contribution in [2.75, 3.05) is 19.9 Å². The number of amides is 1. The highest BCUT2D eigenvalue weighted by Crippen LogP contribution is 2.23. The molecule has 1 rings (SSSR count). The monoisotopic (exact) mass is 333 g/mol. The summed E-state index contributed by atoms with van der Waals surface area (Å²) in [5.74, 6) is 0.281. The highest BCUT2D eigenvalue weighted by molar-refractivity contribution is 9.10. The fourth-order valence-electron chi connectivity index (χ4n) is 1.30. The van der Waals surface area contributed by atoms with Crippen LogP contribution in [-0.4, -0.2) is 35.3 Å². The molecular weight excluding hydrogens is 318 g/mol. The zero-order valence-corrected chi connectivity index (χ0v) is 12.9. The van der Waals surface area contributed by atoms with Gasteiger partial charge in [-0.2, -0.15) is 0 Å². The predicted molar refractivity (Wildman–Crippen MR) is 76.6 cm³/mol. The minimum absolute atomic E-state index is 0.0737. The van der Waals surface area contributed by atoms with E-state index in [2.05, 4.69) is 21.2 Å². The summed E-state index contributed by atoms with van der Waals surface area (Å²) in [6, 6.07) is 5.20. The van der Waals surface area contributed by atoms with Gasteiger partial charge >= 0.3 is 0 Å². The van der Waals surface area contributed by atoms with Crippen LogP contribution in [0.1, 0.15) is 17.3 Å². The third-order valence-corrected chi connectivity index (χ3v) is 4.32. The first-order valence-corrected chi connectivity index (χ1v) is 7.81. The maximum Gasteiger partial charge on any atom is 0.255 e. The molecular formula is C12H16BrNO3S. The molecule has 0 heterocycles. The van der Waals surface area contributed by atoms with Crippen molar-refractivity contribution in [3.63, 3.8) is 0 Å². The number of carbonyl (C=O) groups excluding carboxylic acids is 1. The summed E-state index contributed by atoms with van der Waals surface area (Å²) in [5, 5.41) is 2.67. The molecule has 1 aromatic carbocycles. The largest absolute Gasteiger partial charge is 0.496 e. The maximum absolute atomic E-state index is 12.0. The number of carbonyl (C=O) groups is 1. The quantitative estimate of drug-likeness (QED) is 0.896. The Labute approximate surface area is 118 Å². The van der Waals surface area contributed by atoms with E-state index in [-0.39, 0.29) is 11.2 Å². The Morgan fingerprint density at radius 2 is 2.22 bits per heavy atom. The van der Waals surface area contributed by atoms with E-state index in [9.17, 15) is 9.00 Å². The Balaban J connectivity index is 2.75. The van der Waals surface area contributed by atoms with E-state index in [1.807, 2.05) is 6.92 Å². The van der Waals surface area contributed by atoms with Gasteiger partial charge in [-0.1, -0.05) is 15.9 Å². The molecule has 0 bridgehead atoms. The van der Waals surface area contributed by atoms with Crippen molar-refractivity contribution in [1.29, 1.82) is 0 Å². The van der Waals surface area contributed by atoms with Gasteiger partial charge in [0.25, 0.3) is 5.91 Å². The summed E-state index contributed by atoms with van der Waals surface area (Å²) in [6.45, 7) is 2.20. The lowest BCUT2D eigenvalue weighted by atomic mass is 10.2. The van der Waals surface area contributed by atoms with E-state index >= 15 is 0 Å². The normalized spacial score (nSPS) is 13.8. The van der Waals surface area contributed by atoms with Crippen LogP contribution < -0.4 is 10.1 Å². The van der Waals surface area contributed by atoms with Crippen LogP contribution in [0.2, 0.25) is 0 Å². The molecule has 0 fully saturated rings. The Morgan fingerprint density at radius 3 is 2.78 bits per heavy atom. The summed E-state index contributed by atoms with van der Waals surface area (Å²) in [7, 11) is 0.569. The van der Waals surface area contributed by atoms with Crippen LogP contribution >= 0.6 is 15.9 Å². The van der Waals surface area contributed by atoms with Crippen molar-refractivity contribution in [1.82, 2.24) is 5.32 Å². The lowest BCUT2D eigenvalue weighted by molar-refractivity contribution is 0.0951. The molecule has 0 aromatic heterocycles. The number of hydrogen-bond donors (Lipinski definition) is 1. The van der Waals surface area contributed by atoms with Crippen molar-refractivity contribution in [3.8, 4) is 5.75 Å². The molecule has 0 aliphatic carbocycles. The van der Waals surface area contributed by atoms with Gasteiger partial charge in [-0.3, -0.25) is 9.00 Å². The van der Waals surface area contributed by atoms with Crippen LogP contribution in [0.25, 0.3) is 0 Å². The van der Waals surface area contributed by atoms with E-state index in [0.717, 1.165) is 4.47 Å². The fourth-order valence-corrected chi connectivity index (χ4v) is 1.96. The number of hydrogen-bond acceptors (Lipinski definition) is 3. The van der Waals surface area contributed by atoms with Gasteiger partial charge in [0.1, 0.15) is 5.75 Å². The summed E-state index contributed by atoms with van der Waals surface area (Å²) < 4.78 is 17.2. The molecule has 0 aliphatic heterocycles. The number of ether oxygens (including phenoxy) is 1. The molecule has 1 N–H and O–H groups in total. The zero-order valence-electron chi connectivity index (χ0n) is 10.5. The molecule has 0 spiro atoms. The fraction of sp³-hybridized carbons (Fsp3) is 0.417. The van der Waals surface area contributed by atoms with Crippen molar-refractivity contribution < 1.29 is 13.7 Å². The van der Waals surface area contributed by atoms with Crippen molar-refractivity contribution in [3.05, 3.63) is 28.2 Å². The van der Waals surface area contributed by atoms with Gasteiger partial charge < -0.3 is 10.1 Å².